The van der Waals surface area contributed by atoms with Gasteiger partial charge in [0.1, 0.15) is 19.0 Å². The normalized spacial score (nSPS) is 52.8. The quantitative estimate of drug-likeness (QED) is 0.268. The number of hydrogen-bond acceptors (Lipinski definition) is 9. The van der Waals surface area contributed by atoms with Gasteiger partial charge in [-0.25, -0.2) is 4.79 Å². The number of carbonyl (C=O) groups excluding carboxylic acids is 2. The SMILES string of the molecule is C[C@@H]1O[C@H](O[C@@H]2CC[C@]3(C=O)[C@H]4CC[C@]5(C)[C@H](C6=CC(=O)OC6)CC[C@]5(O)[C@@H]4CC[C@]3(O)C2)C[C@@H]2OC3(CCCCC3)O[C@@H]12. The van der Waals surface area contributed by atoms with Crippen molar-refractivity contribution in [1.82, 2.24) is 0 Å². The number of carbonyl (C=O) groups is 2. The van der Waals surface area contributed by atoms with Crippen LogP contribution in [0.3, 0.4) is 0 Å². The number of rotatable bonds is 4. The smallest absolute Gasteiger partial charge is 0.331 e. The summed E-state index contributed by atoms with van der Waals surface area (Å²) in [5.41, 5.74) is -2.42. The van der Waals surface area contributed by atoms with Gasteiger partial charge in [-0.3, -0.25) is 0 Å². The summed E-state index contributed by atoms with van der Waals surface area (Å²) in [5.74, 6) is -0.828. The molecule has 0 aromatic carbocycles. The Morgan fingerprint density at radius 1 is 0.955 bits per heavy atom. The molecule has 5 aliphatic carbocycles. The van der Waals surface area contributed by atoms with Crippen molar-refractivity contribution in [2.75, 3.05) is 6.61 Å². The minimum absolute atomic E-state index is 0.0600. The van der Waals surface area contributed by atoms with E-state index in [9.17, 15) is 19.8 Å². The first-order valence-electron chi connectivity index (χ1n) is 17.5. The van der Waals surface area contributed by atoms with Crippen LogP contribution in [0, 0.1) is 28.6 Å². The van der Waals surface area contributed by atoms with Crippen LogP contribution in [0.15, 0.2) is 11.6 Å². The Kier molecular flexibility index (Phi) is 7.04. The zero-order valence-corrected chi connectivity index (χ0v) is 26.3. The van der Waals surface area contributed by atoms with E-state index in [-0.39, 0.29) is 53.6 Å². The molecule has 0 amide bonds. The Balaban J connectivity index is 0.971. The third-order valence-corrected chi connectivity index (χ3v) is 14.1. The molecule has 44 heavy (non-hydrogen) atoms. The van der Waals surface area contributed by atoms with E-state index in [0.29, 0.717) is 51.6 Å². The topological polar surface area (TPSA) is 121 Å². The molecule has 5 saturated carbocycles. The van der Waals surface area contributed by atoms with E-state index in [2.05, 4.69) is 6.92 Å². The third kappa shape index (κ3) is 4.18. The number of fused-ring (bicyclic) bond motifs is 6. The third-order valence-electron chi connectivity index (χ3n) is 14.1. The molecule has 2 N–H and O–H groups in total. The minimum atomic E-state index is -1.18. The van der Waals surface area contributed by atoms with Gasteiger partial charge >= 0.3 is 5.97 Å². The van der Waals surface area contributed by atoms with E-state index in [0.717, 1.165) is 56.8 Å². The Hall–Kier alpha value is -1.36. The lowest BCUT2D eigenvalue weighted by atomic mass is 9.41. The Morgan fingerprint density at radius 2 is 1.75 bits per heavy atom. The van der Waals surface area contributed by atoms with E-state index in [4.69, 9.17) is 23.7 Å². The molecule has 9 heteroatoms. The molecule has 12 atom stereocenters. The number of cyclic esters (lactones) is 1. The van der Waals surface area contributed by atoms with E-state index in [1.54, 1.807) is 6.08 Å². The number of ether oxygens (including phenoxy) is 5. The summed E-state index contributed by atoms with van der Waals surface area (Å²) in [6.45, 7) is 4.52. The molecule has 0 unspecified atom stereocenters. The molecule has 0 bridgehead atoms. The van der Waals surface area contributed by atoms with Crippen LogP contribution in [0.1, 0.15) is 110 Å². The molecule has 9 nitrogen and oxygen atoms in total. The first-order chi connectivity index (χ1) is 21.0. The largest absolute Gasteiger partial charge is 0.458 e. The second kappa shape index (κ2) is 10.3. The van der Waals surface area contributed by atoms with Crippen LogP contribution in [0.25, 0.3) is 0 Å². The molecule has 0 aromatic rings. The van der Waals surface area contributed by atoms with Crippen molar-refractivity contribution >= 4 is 12.3 Å². The summed E-state index contributed by atoms with van der Waals surface area (Å²) in [4.78, 5) is 25.1. The zero-order valence-electron chi connectivity index (χ0n) is 26.3. The maximum absolute atomic E-state index is 13.2. The van der Waals surface area contributed by atoms with Gasteiger partial charge in [0.05, 0.1) is 34.9 Å². The van der Waals surface area contributed by atoms with Crippen LogP contribution < -0.4 is 0 Å². The average molecular weight is 615 g/mol. The molecule has 0 radical (unpaired) electrons. The first kappa shape index (κ1) is 30.0. The van der Waals surface area contributed by atoms with E-state index in [1.807, 2.05) is 6.92 Å². The minimum Gasteiger partial charge on any atom is -0.458 e. The van der Waals surface area contributed by atoms with Crippen molar-refractivity contribution in [1.29, 1.82) is 0 Å². The lowest BCUT2D eigenvalue weighted by Gasteiger charge is -2.65. The molecular weight excluding hydrogens is 564 g/mol. The van der Waals surface area contributed by atoms with E-state index in [1.165, 1.54) is 6.42 Å². The highest BCUT2D eigenvalue weighted by Crippen LogP contribution is 2.70. The van der Waals surface area contributed by atoms with Gasteiger partial charge in [0.15, 0.2) is 12.1 Å². The van der Waals surface area contributed by atoms with Crippen LogP contribution in [0.5, 0.6) is 0 Å². The highest BCUT2D eigenvalue weighted by atomic mass is 16.8. The van der Waals surface area contributed by atoms with Gasteiger partial charge in [0, 0.05) is 37.2 Å². The maximum Gasteiger partial charge on any atom is 0.331 e. The summed E-state index contributed by atoms with van der Waals surface area (Å²) >= 11 is 0. The monoisotopic (exact) mass is 614 g/mol. The molecule has 7 fully saturated rings. The fourth-order valence-electron chi connectivity index (χ4n) is 11.9. The van der Waals surface area contributed by atoms with E-state index < -0.39 is 28.7 Å². The van der Waals surface area contributed by atoms with E-state index >= 15 is 0 Å². The molecule has 3 heterocycles. The van der Waals surface area contributed by atoms with Crippen molar-refractivity contribution in [3.05, 3.63) is 11.6 Å². The Morgan fingerprint density at radius 3 is 2.50 bits per heavy atom. The van der Waals surface area contributed by atoms with Crippen molar-refractivity contribution in [2.24, 2.45) is 28.6 Å². The second-order valence-corrected chi connectivity index (χ2v) is 16.0. The Labute approximate surface area is 260 Å². The Bertz CT molecular complexity index is 1210. The van der Waals surface area contributed by atoms with Gasteiger partial charge in [-0.15, -0.1) is 0 Å². The van der Waals surface area contributed by atoms with Crippen molar-refractivity contribution in [3.8, 4) is 0 Å². The summed E-state index contributed by atoms with van der Waals surface area (Å²) in [6.07, 6.45) is 13.4. The summed E-state index contributed by atoms with van der Waals surface area (Å²) in [7, 11) is 0. The predicted molar refractivity (Wildman–Crippen MR) is 157 cm³/mol. The number of aliphatic hydroxyl groups is 2. The van der Waals surface area contributed by atoms with Gasteiger partial charge in [-0.2, -0.15) is 0 Å². The summed E-state index contributed by atoms with van der Waals surface area (Å²) in [5, 5.41) is 24.8. The van der Waals surface area contributed by atoms with Crippen molar-refractivity contribution < 1.29 is 43.5 Å². The molecule has 2 saturated heterocycles. The van der Waals surface area contributed by atoms with Crippen LogP contribution in [0.2, 0.25) is 0 Å². The van der Waals surface area contributed by atoms with Gasteiger partial charge in [0.2, 0.25) is 0 Å². The summed E-state index contributed by atoms with van der Waals surface area (Å²) in [6, 6.07) is 0. The molecule has 8 rings (SSSR count). The number of esters is 1. The van der Waals surface area contributed by atoms with Crippen LogP contribution in [0.4, 0.5) is 0 Å². The fourth-order valence-corrected chi connectivity index (χ4v) is 11.9. The number of hydrogen-bond donors (Lipinski definition) is 2. The fraction of sp³-hybridized carbons (Fsp3) is 0.886. The lowest BCUT2D eigenvalue weighted by Crippen LogP contribution is -2.69. The van der Waals surface area contributed by atoms with Crippen molar-refractivity contribution in [3.63, 3.8) is 0 Å². The van der Waals surface area contributed by atoms with Gasteiger partial charge in [0.25, 0.3) is 0 Å². The maximum atomic E-state index is 13.2. The highest BCUT2D eigenvalue weighted by molar-refractivity contribution is 5.85. The molecule has 1 spiro atoms. The predicted octanol–water partition coefficient (Wildman–Crippen LogP) is 4.50. The van der Waals surface area contributed by atoms with Crippen molar-refractivity contribution in [2.45, 2.75) is 158 Å². The molecule has 244 valence electrons. The molecule has 3 aliphatic heterocycles. The first-order valence-corrected chi connectivity index (χ1v) is 17.5. The average Bonchev–Trinajstić information content (AvgIpc) is 3.66. The highest BCUT2D eigenvalue weighted by Gasteiger charge is 2.71. The second-order valence-electron chi connectivity index (χ2n) is 16.0. The van der Waals surface area contributed by atoms with Gasteiger partial charge < -0.3 is 38.7 Å². The zero-order chi connectivity index (χ0) is 30.5. The standard InChI is InChI=1S/C35H50O9/c1-21-30-27(43-34(44-30)10-4-3-5-11-34)17-29(41-21)42-23-6-13-32(20-36)25-7-12-31(2)24(22-16-28(37)40-19-22)9-15-35(31,39)26(25)8-14-33(32,38)18-23/h16,20-21,23-27,29-30,38-39H,3-15,17-19H2,1-2H3/t21-,23+,24-,25-,26+,27-,29+,30-,31+,32-,33-,35-/m0/s1. The van der Waals surface area contributed by atoms with Gasteiger partial charge in [-0.05, 0) is 94.5 Å². The van der Waals surface area contributed by atoms with Crippen LogP contribution in [-0.4, -0.2) is 76.8 Å². The molecule has 8 aliphatic rings. The van der Waals surface area contributed by atoms with Gasteiger partial charge in [-0.1, -0.05) is 13.3 Å². The van der Waals surface area contributed by atoms with Crippen LogP contribution in [-0.2, 0) is 33.3 Å². The number of aldehydes is 1. The molecular formula is C35H50O9. The summed E-state index contributed by atoms with van der Waals surface area (Å²) < 4.78 is 31.2. The lowest BCUT2D eigenvalue weighted by molar-refractivity contribution is -0.278. The van der Waals surface area contributed by atoms with Crippen LogP contribution >= 0.6 is 0 Å². The molecule has 0 aromatic heterocycles.